The van der Waals surface area contributed by atoms with Gasteiger partial charge in [0.05, 0.1) is 12.5 Å². The van der Waals surface area contributed by atoms with Gasteiger partial charge in [0, 0.05) is 19.6 Å². The van der Waals surface area contributed by atoms with Crippen LogP contribution in [0.4, 0.5) is 4.79 Å². The van der Waals surface area contributed by atoms with Gasteiger partial charge in [-0.1, -0.05) is 12.8 Å². The van der Waals surface area contributed by atoms with Gasteiger partial charge in [-0.2, -0.15) is 5.26 Å². The number of amides is 2. The zero-order valence-electron chi connectivity index (χ0n) is 10.6. The average Bonchev–Trinajstić information content (AvgIpc) is 2.85. The van der Waals surface area contributed by atoms with Gasteiger partial charge in [-0.15, -0.1) is 0 Å². The van der Waals surface area contributed by atoms with E-state index in [0.717, 1.165) is 25.7 Å². The minimum Gasteiger partial charge on any atom is -0.480 e. The van der Waals surface area contributed by atoms with Gasteiger partial charge in [0.2, 0.25) is 0 Å². The Bertz CT molecular complexity index is 345. The van der Waals surface area contributed by atoms with E-state index in [1.807, 2.05) is 6.07 Å². The first-order chi connectivity index (χ1) is 8.56. The molecule has 2 amide bonds. The van der Waals surface area contributed by atoms with Crippen molar-refractivity contribution in [3.63, 3.8) is 0 Å². The molecular weight excluding hydrogens is 234 g/mol. The fourth-order valence-corrected chi connectivity index (χ4v) is 2.25. The predicted octanol–water partition coefficient (Wildman–Crippen LogP) is 1.28. The third-order valence-electron chi connectivity index (χ3n) is 3.20. The van der Waals surface area contributed by atoms with Gasteiger partial charge in [-0.05, 0) is 12.8 Å². The second kappa shape index (κ2) is 6.84. The number of carbonyl (C=O) groups is 2. The number of rotatable bonds is 5. The molecule has 0 aromatic carbocycles. The van der Waals surface area contributed by atoms with Crippen LogP contribution < -0.4 is 0 Å². The van der Waals surface area contributed by atoms with Crippen molar-refractivity contribution in [2.24, 2.45) is 0 Å². The van der Waals surface area contributed by atoms with Gasteiger partial charge in [0.15, 0.2) is 0 Å². The second-order valence-electron chi connectivity index (χ2n) is 4.57. The summed E-state index contributed by atoms with van der Waals surface area (Å²) in [7, 11) is 1.60. The van der Waals surface area contributed by atoms with E-state index in [2.05, 4.69) is 0 Å². The van der Waals surface area contributed by atoms with Crippen molar-refractivity contribution in [3.8, 4) is 6.07 Å². The maximum atomic E-state index is 12.2. The van der Waals surface area contributed by atoms with Gasteiger partial charge in [-0.3, -0.25) is 4.79 Å². The molecule has 1 N–H and O–H groups in total. The molecule has 0 radical (unpaired) electrons. The molecule has 0 atom stereocenters. The van der Waals surface area contributed by atoms with E-state index in [1.54, 1.807) is 7.05 Å². The molecule has 18 heavy (non-hydrogen) atoms. The highest BCUT2D eigenvalue weighted by molar-refractivity contribution is 5.80. The summed E-state index contributed by atoms with van der Waals surface area (Å²) in [6, 6.07) is 1.71. The summed E-state index contributed by atoms with van der Waals surface area (Å²) in [6.45, 7) is 0.0680. The minimum atomic E-state index is -0.996. The lowest BCUT2D eigenvalue weighted by Crippen LogP contribution is -2.48. The SMILES string of the molecule is CN(CCC#N)C(=O)N(CC(=O)O)C1CCCC1. The van der Waals surface area contributed by atoms with E-state index in [-0.39, 0.29) is 25.0 Å². The lowest BCUT2D eigenvalue weighted by atomic mass is 10.2. The number of carbonyl (C=O) groups excluding carboxylic acids is 1. The van der Waals surface area contributed by atoms with Crippen LogP contribution in [0.1, 0.15) is 32.1 Å². The summed E-state index contributed by atoms with van der Waals surface area (Å²) in [6.07, 6.45) is 4.07. The number of carboxylic acids is 1. The number of urea groups is 1. The van der Waals surface area contributed by atoms with Crippen LogP contribution in [0.25, 0.3) is 0 Å². The molecule has 0 unspecified atom stereocenters. The zero-order chi connectivity index (χ0) is 13.5. The van der Waals surface area contributed by atoms with Crippen LogP contribution in [-0.4, -0.2) is 53.1 Å². The van der Waals surface area contributed by atoms with Crippen LogP contribution in [-0.2, 0) is 4.79 Å². The van der Waals surface area contributed by atoms with E-state index < -0.39 is 5.97 Å². The second-order valence-corrected chi connectivity index (χ2v) is 4.57. The molecule has 0 aromatic heterocycles. The number of carboxylic acid groups (broad SMARTS) is 1. The topological polar surface area (TPSA) is 84.6 Å². The van der Waals surface area contributed by atoms with Crippen LogP contribution in [0.2, 0.25) is 0 Å². The number of nitriles is 1. The average molecular weight is 253 g/mol. The smallest absolute Gasteiger partial charge is 0.323 e. The Morgan fingerprint density at radius 1 is 1.39 bits per heavy atom. The van der Waals surface area contributed by atoms with Crippen molar-refractivity contribution in [1.29, 1.82) is 5.26 Å². The monoisotopic (exact) mass is 253 g/mol. The van der Waals surface area contributed by atoms with Crippen molar-refractivity contribution >= 4 is 12.0 Å². The summed E-state index contributed by atoms with van der Waals surface area (Å²) < 4.78 is 0. The molecule has 1 rings (SSSR count). The molecule has 0 saturated heterocycles. The molecule has 100 valence electrons. The van der Waals surface area contributed by atoms with E-state index in [4.69, 9.17) is 10.4 Å². The van der Waals surface area contributed by atoms with Crippen LogP contribution in [0, 0.1) is 11.3 Å². The third-order valence-corrected chi connectivity index (χ3v) is 3.20. The summed E-state index contributed by atoms with van der Waals surface area (Å²) in [4.78, 5) is 25.8. The Morgan fingerprint density at radius 2 is 2.00 bits per heavy atom. The first-order valence-corrected chi connectivity index (χ1v) is 6.16. The van der Waals surface area contributed by atoms with Crippen LogP contribution in [0.15, 0.2) is 0 Å². The maximum absolute atomic E-state index is 12.2. The maximum Gasteiger partial charge on any atom is 0.323 e. The molecule has 1 saturated carbocycles. The van der Waals surface area contributed by atoms with E-state index >= 15 is 0 Å². The van der Waals surface area contributed by atoms with Crippen LogP contribution in [0.3, 0.4) is 0 Å². The lowest BCUT2D eigenvalue weighted by molar-refractivity contribution is -0.138. The fraction of sp³-hybridized carbons (Fsp3) is 0.750. The molecule has 6 heteroatoms. The van der Waals surface area contributed by atoms with Gasteiger partial charge < -0.3 is 14.9 Å². The van der Waals surface area contributed by atoms with Crippen molar-refractivity contribution in [1.82, 2.24) is 9.80 Å². The Labute approximate surface area is 107 Å². The van der Waals surface area contributed by atoms with E-state index in [9.17, 15) is 9.59 Å². The lowest BCUT2D eigenvalue weighted by Gasteiger charge is -2.31. The quantitative estimate of drug-likeness (QED) is 0.799. The molecule has 0 aromatic rings. The fourth-order valence-electron chi connectivity index (χ4n) is 2.25. The largest absolute Gasteiger partial charge is 0.480 e. The van der Waals surface area contributed by atoms with E-state index in [0.29, 0.717) is 6.54 Å². The van der Waals surface area contributed by atoms with Crippen LogP contribution >= 0.6 is 0 Å². The summed E-state index contributed by atoms with van der Waals surface area (Å²) in [5.74, 6) is -0.996. The zero-order valence-corrected chi connectivity index (χ0v) is 10.6. The Balaban J connectivity index is 2.66. The van der Waals surface area contributed by atoms with Gasteiger partial charge in [-0.25, -0.2) is 4.79 Å². The predicted molar refractivity (Wildman–Crippen MR) is 64.9 cm³/mol. The number of aliphatic carboxylic acids is 1. The number of nitrogens with zero attached hydrogens (tertiary/aromatic N) is 3. The Morgan fingerprint density at radius 3 is 2.50 bits per heavy atom. The number of hydrogen-bond acceptors (Lipinski definition) is 3. The highest BCUT2D eigenvalue weighted by Crippen LogP contribution is 2.24. The van der Waals surface area contributed by atoms with Crippen LogP contribution in [0.5, 0.6) is 0 Å². The molecule has 1 aliphatic rings. The molecule has 0 aliphatic heterocycles. The molecule has 1 fully saturated rings. The highest BCUT2D eigenvalue weighted by Gasteiger charge is 2.29. The van der Waals surface area contributed by atoms with Crippen molar-refractivity contribution < 1.29 is 14.7 Å². The summed E-state index contributed by atoms with van der Waals surface area (Å²) >= 11 is 0. The summed E-state index contributed by atoms with van der Waals surface area (Å²) in [5.41, 5.74) is 0. The molecular formula is C12H19N3O3. The summed E-state index contributed by atoms with van der Waals surface area (Å²) in [5, 5.41) is 17.4. The molecule has 0 spiro atoms. The minimum absolute atomic E-state index is 0.0261. The van der Waals surface area contributed by atoms with Crippen molar-refractivity contribution in [2.45, 2.75) is 38.1 Å². The first kappa shape index (κ1) is 14.3. The van der Waals surface area contributed by atoms with E-state index in [1.165, 1.54) is 9.80 Å². The highest BCUT2D eigenvalue weighted by atomic mass is 16.4. The number of hydrogen-bond donors (Lipinski definition) is 1. The molecule has 0 heterocycles. The van der Waals surface area contributed by atoms with Crippen molar-refractivity contribution in [3.05, 3.63) is 0 Å². The third kappa shape index (κ3) is 3.91. The molecule has 1 aliphatic carbocycles. The van der Waals surface area contributed by atoms with Gasteiger partial charge in [0.1, 0.15) is 6.54 Å². The van der Waals surface area contributed by atoms with Crippen molar-refractivity contribution in [2.75, 3.05) is 20.1 Å². The standard InChI is InChI=1S/C12H19N3O3/c1-14(8-4-7-13)12(18)15(9-11(16)17)10-5-2-3-6-10/h10H,2-6,8-9H2,1H3,(H,16,17). The Kier molecular flexibility index (Phi) is 5.43. The van der Waals surface area contributed by atoms with Gasteiger partial charge in [0.25, 0.3) is 0 Å². The Hall–Kier alpha value is -1.77. The first-order valence-electron chi connectivity index (χ1n) is 6.16. The molecule has 0 bridgehead atoms. The normalized spacial score (nSPS) is 15.1. The molecule has 6 nitrogen and oxygen atoms in total. The van der Waals surface area contributed by atoms with Gasteiger partial charge >= 0.3 is 12.0 Å².